The van der Waals surface area contributed by atoms with Gasteiger partial charge in [-0.1, -0.05) is 107 Å². The molecule has 33 heavy (non-hydrogen) atoms. The molecular formula is C29H43BO3. The standard InChI is InChI=1S/C29H43BO3/c1-26(2,3)20-14-18-13-19-15-21(27(4,5)6)17-23(29(10,11)12)25(19)33-30(31)32-24(18)22(16-20)28(7,8)9/h14-17,31H,13H2,1-12H3. The van der Waals surface area contributed by atoms with Crippen LogP contribution in [0.1, 0.15) is 116 Å². The minimum Gasteiger partial charge on any atom is -0.500 e. The summed E-state index contributed by atoms with van der Waals surface area (Å²) in [7, 11) is -1.37. The molecule has 180 valence electrons. The maximum atomic E-state index is 10.9. The van der Waals surface area contributed by atoms with Crippen molar-refractivity contribution in [1.82, 2.24) is 0 Å². The van der Waals surface area contributed by atoms with E-state index >= 15 is 0 Å². The third kappa shape index (κ3) is 5.43. The Balaban J connectivity index is 2.36. The Kier molecular flexibility index (Phi) is 6.29. The first-order valence-corrected chi connectivity index (χ1v) is 12.2. The van der Waals surface area contributed by atoms with Crippen LogP contribution in [0, 0.1) is 0 Å². The second-order valence-corrected chi connectivity index (χ2v) is 13.7. The average Bonchev–Trinajstić information content (AvgIpc) is 2.58. The molecule has 1 aliphatic heterocycles. The van der Waals surface area contributed by atoms with Crippen molar-refractivity contribution in [2.75, 3.05) is 0 Å². The Hall–Kier alpha value is -1.94. The van der Waals surface area contributed by atoms with E-state index in [-0.39, 0.29) is 21.7 Å². The van der Waals surface area contributed by atoms with E-state index in [1.54, 1.807) is 0 Å². The van der Waals surface area contributed by atoms with Crippen LogP contribution >= 0.6 is 0 Å². The van der Waals surface area contributed by atoms with Crippen molar-refractivity contribution < 1.29 is 14.3 Å². The molecule has 1 aliphatic rings. The number of hydrogen-bond acceptors (Lipinski definition) is 3. The Morgan fingerprint density at radius 3 is 1.18 bits per heavy atom. The summed E-state index contributed by atoms with van der Waals surface area (Å²) < 4.78 is 12.2. The minimum absolute atomic E-state index is 0.000823. The lowest BCUT2D eigenvalue weighted by atomic mass is 9.76. The van der Waals surface area contributed by atoms with Gasteiger partial charge >= 0.3 is 7.32 Å². The zero-order valence-corrected chi connectivity index (χ0v) is 22.9. The molecule has 0 saturated heterocycles. The van der Waals surface area contributed by atoms with Gasteiger partial charge in [-0.15, -0.1) is 0 Å². The molecule has 0 bridgehead atoms. The third-order valence-electron chi connectivity index (χ3n) is 6.50. The summed E-state index contributed by atoms with van der Waals surface area (Å²) in [5, 5.41) is 10.9. The molecule has 0 saturated carbocycles. The predicted octanol–water partition coefficient (Wildman–Crippen LogP) is 7.22. The van der Waals surface area contributed by atoms with Crippen molar-refractivity contribution in [3.8, 4) is 11.5 Å². The normalized spacial score (nSPS) is 15.1. The van der Waals surface area contributed by atoms with Crippen LogP contribution in [-0.4, -0.2) is 12.3 Å². The van der Waals surface area contributed by atoms with Gasteiger partial charge in [0.15, 0.2) is 0 Å². The molecular weight excluding hydrogens is 407 g/mol. The fourth-order valence-electron chi connectivity index (χ4n) is 4.33. The molecule has 4 heteroatoms. The average molecular weight is 450 g/mol. The molecule has 0 unspecified atom stereocenters. The lowest BCUT2D eigenvalue weighted by Crippen LogP contribution is -2.34. The maximum Gasteiger partial charge on any atom is 0.785 e. The van der Waals surface area contributed by atoms with Crippen LogP contribution in [-0.2, 0) is 28.1 Å². The fraction of sp³-hybridized carbons (Fsp3) is 0.586. The Bertz CT molecular complexity index is 957. The van der Waals surface area contributed by atoms with E-state index < -0.39 is 7.32 Å². The van der Waals surface area contributed by atoms with Gasteiger partial charge in [-0.25, -0.2) is 0 Å². The molecule has 0 aliphatic carbocycles. The molecule has 0 radical (unpaired) electrons. The summed E-state index contributed by atoms with van der Waals surface area (Å²) in [5.74, 6) is 1.49. The molecule has 0 atom stereocenters. The molecule has 3 nitrogen and oxygen atoms in total. The van der Waals surface area contributed by atoms with Gasteiger partial charge < -0.3 is 14.3 Å². The predicted molar refractivity (Wildman–Crippen MR) is 140 cm³/mol. The lowest BCUT2D eigenvalue weighted by Gasteiger charge is -2.33. The van der Waals surface area contributed by atoms with Crippen LogP contribution in [0.25, 0.3) is 0 Å². The van der Waals surface area contributed by atoms with E-state index in [1.807, 2.05) is 0 Å². The smallest absolute Gasteiger partial charge is 0.500 e. The van der Waals surface area contributed by atoms with Crippen molar-refractivity contribution in [3.63, 3.8) is 0 Å². The highest BCUT2D eigenvalue weighted by Crippen LogP contribution is 2.44. The van der Waals surface area contributed by atoms with Crippen LogP contribution in [0.5, 0.6) is 11.5 Å². The van der Waals surface area contributed by atoms with Crippen LogP contribution in [0.4, 0.5) is 0 Å². The number of hydrogen-bond donors (Lipinski definition) is 1. The summed E-state index contributed by atoms with van der Waals surface area (Å²) in [6.45, 7) is 26.6. The van der Waals surface area contributed by atoms with E-state index in [9.17, 15) is 5.02 Å². The second-order valence-electron chi connectivity index (χ2n) is 13.7. The summed E-state index contributed by atoms with van der Waals surface area (Å²) in [5.41, 5.74) is 6.65. The molecule has 0 aromatic heterocycles. The SMILES string of the molecule is CC(C)(C)c1cc2c(c(C(C)(C)C)c1)OB(O)Oc1c(cc(C(C)(C)C)cc1C(C)(C)C)C2. The first-order valence-electron chi connectivity index (χ1n) is 12.2. The highest BCUT2D eigenvalue weighted by Gasteiger charge is 2.36. The highest BCUT2D eigenvalue weighted by atomic mass is 16.7. The van der Waals surface area contributed by atoms with E-state index in [4.69, 9.17) is 9.31 Å². The Morgan fingerprint density at radius 1 is 0.576 bits per heavy atom. The Morgan fingerprint density at radius 2 is 0.909 bits per heavy atom. The van der Waals surface area contributed by atoms with Crippen molar-refractivity contribution in [2.24, 2.45) is 0 Å². The van der Waals surface area contributed by atoms with Crippen LogP contribution < -0.4 is 9.31 Å². The van der Waals surface area contributed by atoms with Gasteiger partial charge in [0.2, 0.25) is 0 Å². The topological polar surface area (TPSA) is 38.7 Å². The van der Waals surface area contributed by atoms with E-state index in [2.05, 4.69) is 107 Å². The first kappa shape index (κ1) is 25.7. The van der Waals surface area contributed by atoms with Crippen LogP contribution in [0.2, 0.25) is 0 Å². The van der Waals surface area contributed by atoms with Crippen molar-refractivity contribution in [3.05, 3.63) is 57.6 Å². The second kappa shape index (κ2) is 8.08. The van der Waals surface area contributed by atoms with E-state index in [0.717, 1.165) is 33.8 Å². The van der Waals surface area contributed by atoms with Crippen LogP contribution in [0.15, 0.2) is 24.3 Å². The van der Waals surface area contributed by atoms with Gasteiger partial charge in [-0.2, -0.15) is 0 Å². The summed E-state index contributed by atoms with van der Waals surface area (Å²) in [6, 6.07) is 8.99. The van der Waals surface area contributed by atoms with E-state index in [1.165, 1.54) is 11.1 Å². The summed E-state index contributed by atoms with van der Waals surface area (Å²) >= 11 is 0. The quantitative estimate of drug-likeness (QED) is 0.431. The third-order valence-corrected chi connectivity index (χ3v) is 6.50. The summed E-state index contributed by atoms with van der Waals surface area (Å²) in [6.07, 6.45) is 0.692. The van der Waals surface area contributed by atoms with Crippen molar-refractivity contribution in [2.45, 2.75) is 111 Å². The fourth-order valence-corrected chi connectivity index (χ4v) is 4.33. The number of benzene rings is 2. The molecule has 2 aromatic rings. The zero-order valence-electron chi connectivity index (χ0n) is 22.9. The highest BCUT2D eigenvalue weighted by molar-refractivity contribution is 6.37. The molecule has 0 spiro atoms. The first-order chi connectivity index (χ1) is 14.8. The monoisotopic (exact) mass is 450 g/mol. The van der Waals surface area contributed by atoms with Gasteiger partial charge in [0.1, 0.15) is 11.5 Å². The molecule has 1 heterocycles. The number of fused-ring (bicyclic) bond motifs is 2. The minimum atomic E-state index is -1.37. The largest absolute Gasteiger partial charge is 0.785 e. The van der Waals surface area contributed by atoms with Crippen molar-refractivity contribution in [1.29, 1.82) is 0 Å². The van der Waals surface area contributed by atoms with Gasteiger partial charge in [0.05, 0.1) is 0 Å². The molecule has 2 aromatic carbocycles. The Labute approximate surface area is 202 Å². The number of rotatable bonds is 0. The zero-order chi connectivity index (χ0) is 25.1. The summed E-state index contributed by atoms with van der Waals surface area (Å²) in [4.78, 5) is 0. The van der Waals surface area contributed by atoms with Gasteiger partial charge in [0, 0.05) is 6.42 Å². The maximum absolute atomic E-state index is 10.9. The molecule has 3 rings (SSSR count). The lowest BCUT2D eigenvalue weighted by molar-refractivity contribution is 0.285. The van der Waals surface area contributed by atoms with E-state index in [0.29, 0.717) is 6.42 Å². The van der Waals surface area contributed by atoms with Gasteiger partial charge in [0.25, 0.3) is 0 Å². The molecule has 0 fully saturated rings. The van der Waals surface area contributed by atoms with Gasteiger partial charge in [-0.3, -0.25) is 0 Å². The van der Waals surface area contributed by atoms with Gasteiger partial charge in [-0.05, 0) is 55.0 Å². The molecule has 1 N–H and O–H groups in total. The van der Waals surface area contributed by atoms with Crippen LogP contribution in [0.3, 0.4) is 0 Å². The van der Waals surface area contributed by atoms with Crippen molar-refractivity contribution >= 4 is 7.32 Å². The molecule has 0 amide bonds.